The van der Waals surface area contributed by atoms with Crippen molar-refractivity contribution in [2.45, 2.75) is 12.8 Å². The summed E-state index contributed by atoms with van der Waals surface area (Å²) in [5, 5.41) is 2.83. The fourth-order valence-corrected chi connectivity index (χ4v) is 2.73. The maximum Gasteiger partial charge on any atom is 0.239 e. The minimum absolute atomic E-state index is 0.120. The Hall–Kier alpha value is -2.62. The summed E-state index contributed by atoms with van der Waals surface area (Å²) in [6.07, 6.45) is 1.42. The maximum atomic E-state index is 12.6. The monoisotopic (exact) mass is 294 g/mol. The molecule has 4 nitrogen and oxygen atoms in total. The lowest BCUT2D eigenvalue weighted by atomic mass is 9.95. The number of nitrogens with zero attached hydrogens (tertiary/aromatic N) is 1. The predicted molar refractivity (Wildman–Crippen MR) is 86.6 cm³/mol. The van der Waals surface area contributed by atoms with E-state index >= 15 is 0 Å². The fourth-order valence-electron chi connectivity index (χ4n) is 2.73. The molecule has 1 heterocycles. The van der Waals surface area contributed by atoms with Gasteiger partial charge in [0.15, 0.2) is 0 Å². The zero-order valence-corrected chi connectivity index (χ0v) is 12.2. The van der Waals surface area contributed by atoms with Gasteiger partial charge in [0.1, 0.15) is 5.92 Å². The van der Waals surface area contributed by atoms with Gasteiger partial charge in [-0.25, -0.2) is 0 Å². The van der Waals surface area contributed by atoms with Crippen molar-refractivity contribution in [1.29, 1.82) is 0 Å². The Balaban J connectivity index is 1.74. The Morgan fingerprint density at radius 2 is 1.64 bits per heavy atom. The van der Waals surface area contributed by atoms with Crippen LogP contribution in [0.25, 0.3) is 0 Å². The van der Waals surface area contributed by atoms with Crippen molar-refractivity contribution < 1.29 is 9.59 Å². The summed E-state index contributed by atoms with van der Waals surface area (Å²) in [6, 6.07) is 18.7. The van der Waals surface area contributed by atoms with Crippen LogP contribution in [0, 0.1) is 5.92 Å². The molecule has 1 atom stereocenters. The highest BCUT2D eigenvalue weighted by atomic mass is 16.2. The molecule has 22 heavy (non-hydrogen) atoms. The van der Waals surface area contributed by atoms with Crippen molar-refractivity contribution in [2.75, 3.05) is 16.8 Å². The second-order valence-corrected chi connectivity index (χ2v) is 5.38. The summed E-state index contributed by atoms with van der Waals surface area (Å²) in [4.78, 5) is 26.7. The number of carbonyl (C=O) groups is 2. The molecule has 0 aromatic heterocycles. The van der Waals surface area contributed by atoms with Gasteiger partial charge in [0.2, 0.25) is 11.8 Å². The molecule has 0 aliphatic carbocycles. The van der Waals surface area contributed by atoms with Gasteiger partial charge >= 0.3 is 0 Å². The summed E-state index contributed by atoms with van der Waals surface area (Å²) in [5.41, 5.74) is 1.57. The molecule has 4 heteroatoms. The van der Waals surface area contributed by atoms with E-state index in [9.17, 15) is 9.59 Å². The molecule has 0 bridgehead atoms. The average molecular weight is 294 g/mol. The lowest BCUT2D eigenvalue weighted by molar-refractivity contribution is -0.132. The first-order chi connectivity index (χ1) is 10.8. The van der Waals surface area contributed by atoms with Gasteiger partial charge in [0, 0.05) is 17.9 Å². The van der Waals surface area contributed by atoms with Crippen LogP contribution in [0.1, 0.15) is 12.8 Å². The molecule has 3 rings (SSSR count). The second-order valence-electron chi connectivity index (χ2n) is 5.38. The summed E-state index contributed by atoms with van der Waals surface area (Å²) in [5.74, 6) is -0.961. The van der Waals surface area contributed by atoms with E-state index in [1.165, 1.54) is 0 Å². The van der Waals surface area contributed by atoms with Gasteiger partial charge in [-0.2, -0.15) is 0 Å². The topological polar surface area (TPSA) is 49.4 Å². The number of anilines is 2. The Morgan fingerprint density at radius 3 is 2.32 bits per heavy atom. The lowest BCUT2D eigenvalue weighted by Gasteiger charge is -2.31. The predicted octanol–water partition coefficient (Wildman–Crippen LogP) is 3.07. The first kappa shape index (κ1) is 14.3. The van der Waals surface area contributed by atoms with Crippen LogP contribution in [0.15, 0.2) is 60.7 Å². The minimum atomic E-state index is -0.617. The molecule has 1 unspecified atom stereocenters. The van der Waals surface area contributed by atoms with E-state index in [1.807, 2.05) is 60.7 Å². The van der Waals surface area contributed by atoms with Gasteiger partial charge in [-0.15, -0.1) is 0 Å². The van der Waals surface area contributed by atoms with Gasteiger partial charge in [-0.3, -0.25) is 9.59 Å². The quantitative estimate of drug-likeness (QED) is 0.884. The molecule has 2 amide bonds. The number of benzene rings is 2. The third kappa shape index (κ3) is 3.01. The summed E-state index contributed by atoms with van der Waals surface area (Å²) < 4.78 is 0. The van der Waals surface area contributed by atoms with E-state index in [4.69, 9.17) is 0 Å². The summed E-state index contributed by atoms with van der Waals surface area (Å²) >= 11 is 0. The van der Waals surface area contributed by atoms with E-state index < -0.39 is 5.92 Å². The largest absolute Gasteiger partial charge is 0.325 e. The van der Waals surface area contributed by atoms with E-state index in [2.05, 4.69) is 5.32 Å². The van der Waals surface area contributed by atoms with Gasteiger partial charge < -0.3 is 10.2 Å². The van der Waals surface area contributed by atoms with Gasteiger partial charge in [0.05, 0.1) is 0 Å². The van der Waals surface area contributed by atoms with Crippen LogP contribution >= 0.6 is 0 Å². The molecule has 2 aromatic rings. The molecule has 1 N–H and O–H groups in total. The molecule has 0 radical (unpaired) electrons. The number of hydrogen-bond donors (Lipinski definition) is 1. The molecule has 1 aliphatic heterocycles. The number of rotatable bonds is 3. The zero-order valence-electron chi connectivity index (χ0n) is 12.2. The van der Waals surface area contributed by atoms with Crippen LogP contribution in [-0.2, 0) is 9.59 Å². The molecular weight excluding hydrogens is 276 g/mol. The van der Waals surface area contributed by atoms with Crippen molar-refractivity contribution in [3.63, 3.8) is 0 Å². The molecule has 1 aliphatic rings. The van der Waals surface area contributed by atoms with Crippen LogP contribution in [0.2, 0.25) is 0 Å². The van der Waals surface area contributed by atoms with Crippen LogP contribution in [0.4, 0.5) is 11.4 Å². The number of piperidine rings is 1. The number of amides is 2. The van der Waals surface area contributed by atoms with Gasteiger partial charge in [-0.1, -0.05) is 36.4 Å². The third-order valence-corrected chi connectivity index (χ3v) is 3.86. The van der Waals surface area contributed by atoms with Crippen LogP contribution in [0.5, 0.6) is 0 Å². The maximum absolute atomic E-state index is 12.6. The minimum Gasteiger partial charge on any atom is -0.325 e. The average Bonchev–Trinajstić information content (AvgIpc) is 2.56. The Bertz CT molecular complexity index is 655. The van der Waals surface area contributed by atoms with Crippen molar-refractivity contribution in [3.05, 3.63) is 60.7 Å². The Morgan fingerprint density at radius 1 is 1.00 bits per heavy atom. The Labute approximate surface area is 129 Å². The van der Waals surface area contributed by atoms with Crippen LogP contribution in [0.3, 0.4) is 0 Å². The SMILES string of the molecule is O=C(Nc1ccccc1)C1CCCN(c2ccccc2)C1=O. The fraction of sp³-hybridized carbons (Fsp3) is 0.222. The number of para-hydroxylation sites is 2. The highest BCUT2D eigenvalue weighted by Gasteiger charge is 2.34. The molecular formula is C18H18N2O2. The number of hydrogen-bond acceptors (Lipinski definition) is 2. The van der Waals surface area contributed by atoms with Crippen molar-refractivity contribution in [3.8, 4) is 0 Å². The second kappa shape index (κ2) is 6.43. The first-order valence-electron chi connectivity index (χ1n) is 7.48. The van der Waals surface area contributed by atoms with E-state index in [1.54, 1.807) is 4.90 Å². The Kier molecular flexibility index (Phi) is 4.19. The van der Waals surface area contributed by atoms with Crippen molar-refractivity contribution in [1.82, 2.24) is 0 Å². The smallest absolute Gasteiger partial charge is 0.239 e. The summed E-state index contributed by atoms with van der Waals surface area (Å²) in [7, 11) is 0. The molecule has 1 saturated heterocycles. The molecule has 0 saturated carbocycles. The standard InChI is InChI=1S/C18H18N2O2/c21-17(19-14-8-3-1-4-9-14)16-12-7-13-20(18(16)22)15-10-5-2-6-11-15/h1-6,8-11,16H,7,12-13H2,(H,19,21). The number of nitrogens with one attached hydrogen (secondary N) is 1. The molecule has 112 valence electrons. The number of carbonyl (C=O) groups excluding carboxylic acids is 2. The van der Waals surface area contributed by atoms with Crippen LogP contribution in [-0.4, -0.2) is 18.4 Å². The van der Waals surface area contributed by atoms with Crippen molar-refractivity contribution >= 4 is 23.2 Å². The van der Waals surface area contributed by atoms with E-state index in [0.717, 1.165) is 17.8 Å². The zero-order chi connectivity index (χ0) is 15.4. The highest BCUT2D eigenvalue weighted by Crippen LogP contribution is 2.25. The van der Waals surface area contributed by atoms with Gasteiger partial charge in [0.25, 0.3) is 0 Å². The van der Waals surface area contributed by atoms with Crippen molar-refractivity contribution in [2.24, 2.45) is 5.92 Å². The third-order valence-electron chi connectivity index (χ3n) is 3.86. The van der Waals surface area contributed by atoms with Gasteiger partial charge in [-0.05, 0) is 37.1 Å². The van der Waals surface area contributed by atoms with Crippen LogP contribution < -0.4 is 10.2 Å². The normalized spacial score (nSPS) is 18.1. The van der Waals surface area contributed by atoms with E-state index in [0.29, 0.717) is 13.0 Å². The van der Waals surface area contributed by atoms with E-state index in [-0.39, 0.29) is 11.8 Å². The first-order valence-corrected chi connectivity index (χ1v) is 7.48. The highest BCUT2D eigenvalue weighted by molar-refractivity contribution is 6.12. The lowest BCUT2D eigenvalue weighted by Crippen LogP contribution is -2.46. The molecule has 0 spiro atoms. The molecule has 1 fully saturated rings. The molecule has 2 aromatic carbocycles. The summed E-state index contributed by atoms with van der Waals surface area (Å²) in [6.45, 7) is 0.665.